The monoisotopic (exact) mass is 287 g/mol. The Balaban J connectivity index is 1.89. The average Bonchev–Trinajstić information content (AvgIpc) is 3.03. The fourth-order valence-electron chi connectivity index (χ4n) is 3.63. The van der Waals surface area contributed by atoms with E-state index in [0.29, 0.717) is 6.04 Å². The van der Waals surface area contributed by atoms with Gasteiger partial charge in [0, 0.05) is 6.04 Å². The minimum atomic E-state index is 0.552. The maximum absolute atomic E-state index is 3.69. The molecular formula is C20H33N. The molecule has 1 nitrogen and oxygen atoms in total. The van der Waals surface area contributed by atoms with Crippen LogP contribution in [0.2, 0.25) is 0 Å². The van der Waals surface area contributed by atoms with Gasteiger partial charge in [-0.3, -0.25) is 0 Å². The minimum absolute atomic E-state index is 0.552. The van der Waals surface area contributed by atoms with E-state index < -0.39 is 0 Å². The molecule has 0 saturated heterocycles. The third kappa shape index (κ3) is 5.47. The molecule has 1 unspecified atom stereocenters. The Hall–Kier alpha value is -0.820. The Morgan fingerprint density at radius 3 is 2.43 bits per heavy atom. The second kappa shape index (κ2) is 9.25. The summed E-state index contributed by atoms with van der Waals surface area (Å²) in [6.45, 7) is 5.55. The van der Waals surface area contributed by atoms with Crippen molar-refractivity contribution in [2.45, 2.75) is 77.7 Å². The van der Waals surface area contributed by atoms with E-state index in [-0.39, 0.29) is 0 Å². The first kappa shape index (κ1) is 16.5. The van der Waals surface area contributed by atoms with E-state index >= 15 is 0 Å². The number of nitrogens with one attached hydrogen (secondary N) is 1. The third-order valence-electron chi connectivity index (χ3n) is 4.99. The highest BCUT2D eigenvalue weighted by Crippen LogP contribution is 2.31. The van der Waals surface area contributed by atoms with Gasteiger partial charge in [-0.05, 0) is 49.3 Å². The fourth-order valence-corrected chi connectivity index (χ4v) is 3.63. The Kier molecular flexibility index (Phi) is 7.29. The summed E-state index contributed by atoms with van der Waals surface area (Å²) < 4.78 is 0. The van der Waals surface area contributed by atoms with Gasteiger partial charge in [-0.25, -0.2) is 0 Å². The lowest BCUT2D eigenvalue weighted by Crippen LogP contribution is -2.21. The van der Waals surface area contributed by atoms with Crippen LogP contribution >= 0.6 is 0 Å². The molecule has 1 aliphatic carbocycles. The summed E-state index contributed by atoms with van der Waals surface area (Å²) in [7, 11) is 0. The second-order valence-electron chi connectivity index (χ2n) is 6.68. The summed E-state index contributed by atoms with van der Waals surface area (Å²) in [5.74, 6) is 0.995. The SMILES string of the molecule is CCCCc1ccc(C(CCC2CCCC2)NCC)cc1. The highest BCUT2D eigenvalue weighted by molar-refractivity contribution is 5.25. The summed E-state index contributed by atoms with van der Waals surface area (Å²) >= 11 is 0. The van der Waals surface area contributed by atoms with Gasteiger partial charge in [0.15, 0.2) is 0 Å². The largest absolute Gasteiger partial charge is 0.310 e. The summed E-state index contributed by atoms with van der Waals surface area (Å²) in [5, 5.41) is 3.69. The first-order valence-corrected chi connectivity index (χ1v) is 9.15. The molecule has 21 heavy (non-hydrogen) atoms. The molecule has 118 valence electrons. The van der Waals surface area contributed by atoms with Crippen LogP contribution in [0.4, 0.5) is 0 Å². The van der Waals surface area contributed by atoms with E-state index in [2.05, 4.69) is 43.4 Å². The van der Waals surface area contributed by atoms with Crippen molar-refractivity contribution < 1.29 is 0 Å². The molecule has 1 atom stereocenters. The molecule has 0 heterocycles. The van der Waals surface area contributed by atoms with Crippen molar-refractivity contribution in [1.82, 2.24) is 5.32 Å². The molecular weight excluding hydrogens is 254 g/mol. The number of unbranched alkanes of at least 4 members (excludes halogenated alkanes) is 1. The molecule has 1 saturated carbocycles. The first-order valence-electron chi connectivity index (χ1n) is 9.15. The molecule has 2 rings (SSSR count). The Bertz CT molecular complexity index is 375. The van der Waals surface area contributed by atoms with Crippen molar-refractivity contribution in [3.05, 3.63) is 35.4 Å². The van der Waals surface area contributed by atoms with Crippen molar-refractivity contribution >= 4 is 0 Å². The van der Waals surface area contributed by atoms with E-state index in [1.807, 2.05) is 0 Å². The van der Waals surface area contributed by atoms with Crippen LogP contribution in [0.25, 0.3) is 0 Å². The summed E-state index contributed by atoms with van der Waals surface area (Å²) in [4.78, 5) is 0. The van der Waals surface area contributed by atoms with Gasteiger partial charge in [-0.15, -0.1) is 0 Å². The Labute approximate surface area is 131 Å². The first-order chi connectivity index (χ1) is 10.3. The van der Waals surface area contributed by atoms with Crippen molar-refractivity contribution in [3.63, 3.8) is 0 Å². The van der Waals surface area contributed by atoms with Crippen molar-refractivity contribution in [2.75, 3.05) is 6.54 Å². The van der Waals surface area contributed by atoms with Gasteiger partial charge in [0.2, 0.25) is 0 Å². The Morgan fingerprint density at radius 1 is 1.10 bits per heavy atom. The molecule has 0 amide bonds. The molecule has 0 aromatic heterocycles. The fraction of sp³-hybridized carbons (Fsp3) is 0.700. The predicted molar refractivity (Wildman–Crippen MR) is 92.7 cm³/mol. The highest BCUT2D eigenvalue weighted by Gasteiger charge is 2.18. The van der Waals surface area contributed by atoms with Crippen LogP contribution in [0.3, 0.4) is 0 Å². The van der Waals surface area contributed by atoms with E-state index in [9.17, 15) is 0 Å². The number of aryl methyl sites for hydroxylation is 1. The van der Waals surface area contributed by atoms with Crippen LogP contribution in [-0.2, 0) is 6.42 Å². The van der Waals surface area contributed by atoms with Gasteiger partial charge >= 0.3 is 0 Å². The molecule has 1 aromatic carbocycles. The van der Waals surface area contributed by atoms with Crippen molar-refractivity contribution in [3.8, 4) is 0 Å². The second-order valence-corrected chi connectivity index (χ2v) is 6.68. The molecule has 0 radical (unpaired) electrons. The van der Waals surface area contributed by atoms with E-state index in [0.717, 1.165) is 12.5 Å². The number of rotatable bonds is 9. The quantitative estimate of drug-likeness (QED) is 0.619. The van der Waals surface area contributed by atoms with Crippen molar-refractivity contribution in [1.29, 1.82) is 0 Å². The molecule has 1 N–H and O–H groups in total. The minimum Gasteiger partial charge on any atom is -0.310 e. The lowest BCUT2D eigenvalue weighted by molar-refractivity contribution is 0.417. The number of hydrogen-bond acceptors (Lipinski definition) is 1. The van der Waals surface area contributed by atoms with E-state index in [1.54, 1.807) is 0 Å². The van der Waals surface area contributed by atoms with Gasteiger partial charge in [0.1, 0.15) is 0 Å². The maximum Gasteiger partial charge on any atom is 0.0320 e. The van der Waals surface area contributed by atoms with Gasteiger partial charge in [0.25, 0.3) is 0 Å². The normalized spacial score (nSPS) is 17.2. The molecule has 0 bridgehead atoms. The van der Waals surface area contributed by atoms with Crippen molar-refractivity contribution in [2.24, 2.45) is 5.92 Å². The lowest BCUT2D eigenvalue weighted by Gasteiger charge is -2.20. The van der Waals surface area contributed by atoms with Gasteiger partial charge < -0.3 is 5.32 Å². The lowest BCUT2D eigenvalue weighted by atomic mass is 9.94. The van der Waals surface area contributed by atoms with Gasteiger partial charge in [-0.2, -0.15) is 0 Å². The number of hydrogen-bond donors (Lipinski definition) is 1. The van der Waals surface area contributed by atoms with Crippen LogP contribution in [0.15, 0.2) is 24.3 Å². The summed E-state index contributed by atoms with van der Waals surface area (Å²) in [5.41, 5.74) is 2.97. The Morgan fingerprint density at radius 2 is 1.81 bits per heavy atom. The molecule has 0 spiro atoms. The zero-order valence-electron chi connectivity index (χ0n) is 14.0. The zero-order chi connectivity index (χ0) is 14.9. The predicted octanol–water partition coefficient (Wildman–Crippen LogP) is 5.65. The van der Waals surface area contributed by atoms with E-state index in [1.165, 1.54) is 68.9 Å². The van der Waals surface area contributed by atoms with Crippen LogP contribution < -0.4 is 5.32 Å². The van der Waals surface area contributed by atoms with Crippen LogP contribution in [0, 0.1) is 5.92 Å². The average molecular weight is 287 g/mol. The molecule has 1 aromatic rings. The summed E-state index contributed by atoms with van der Waals surface area (Å²) in [6, 6.07) is 9.94. The smallest absolute Gasteiger partial charge is 0.0320 e. The van der Waals surface area contributed by atoms with Crippen LogP contribution in [-0.4, -0.2) is 6.54 Å². The topological polar surface area (TPSA) is 12.0 Å². The molecule has 0 aliphatic heterocycles. The maximum atomic E-state index is 3.69. The van der Waals surface area contributed by atoms with Crippen LogP contribution in [0.1, 0.15) is 82.4 Å². The van der Waals surface area contributed by atoms with Gasteiger partial charge in [-0.1, -0.05) is 70.2 Å². The molecule has 1 fully saturated rings. The summed E-state index contributed by atoms with van der Waals surface area (Å²) in [6.07, 6.45) is 12.4. The van der Waals surface area contributed by atoms with E-state index in [4.69, 9.17) is 0 Å². The standard InChI is InChI=1S/C20H33N/c1-3-5-8-18-11-14-19(15-12-18)20(21-4-2)16-13-17-9-6-7-10-17/h11-12,14-15,17,20-21H,3-10,13,16H2,1-2H3. The van der Waals surface area contributed by atoms with Gasteiger partial charge in [0.05, 0.1) is 0 Å². The molecule has 1 aliphatic rings. The zero-order valence-corrected chi connectivity index (χ0v) is 14.0. The van der Waals surface area contributed by atoms with Crippen LogP contribution in [0.5, 0.6) is 0 Å². The third-order valence-corrected chi connectivity index (χ3v) is 4.99. The number of benzene rings is 1. The highest BCUT2D eigenvalue weighted by atomic mass is 14.9. The molecule has 1 heteroatoms.